The fourth-order valence-electron chi connectivity index (χ4n) is 6.61. The molecule has 1 nitrogen and oxygen atoms in total. The SMILES string of the molecule is C1=CC2(C3=Cc4ccccc4C3=C1)C1=Cc3ccccc3C1=CC=C2N(c1ccccc1)c1ccccc1. The van der Waals surface area contributed by atoms with Crippen LogP contribution in [-0.4, -0.2) is 0 Å². The Kier molecular flexibility index (Phi) is 4.50. The van der Waals surface area contributed by atoms with E-state index in [0.29, 0.717) is 0 Å². The zero-order valence-electron chi connectivity index (χ0n) is 20.9. The van der Waals surface area contributed by atoms with Gasteiger partial charge in [-0.3, -0.25) is 0 Å². The number of allylic oxidation sites excluding steroid dienone is 7. The Morgan fingerprint density at radius 3 is 1.55 bits per heavy atom. The van der Waals surface area contributed by atoms with Crippen LogP contribution in [0.1, 0.15) is 22.3 Å². The predicted octanol–water partition coefficient (Wildman–Crippen LogP) is 9.24. The van der Waals surface area contributed by atoms with Gasteiger partial charge in [0.2, 0.25) is 0 Å². The van der Waals surface area contributed by atoms with Crippen molar-refractivity contribution in [2.24, 2.45) is 5.41 Å². The minimum atomic E-state index is -0.447. The van der Waals surface area contributed by atoms with Gasteiger partial charge in [-0.1, -0.05) is 109 Å². The third kappa shape index (κ3) is 2.87. The molecular formula is C37H25N. The van der Waals surface area contributed by atoms with Gasteiger partial charge in [0.25, 0.3) is 0 Å². The molecule has 0 aromatic heterocycles. The Morgan fingerprint density at radius 2 is 0.974 bits per heavy atom. The van der Waals surface area contributed by atoms with E-state index in [2.05, 4.69) is 157 Å². The molecule has 0 radical (unpaired) electrons. The van der Waals surface area contributed by atoms with Crippen LogP contribution in [-0.2, 0) is 0 Å². The average Bonchev–Trinajstić information content (AvgIpc) is 3.56. The topological polar surface area (TPSA) is 3.24 Å². The molecule has 8 rings (SSSR count). The first-order valence-electron chi connectivity index (χ1n) is 13.2. The normalized spacial score (nSPS) is 19.8. The molecule has 38 heavy (non-hydrogen) atoms. The largest absolute Gasteiger partial charge is 0.313 e. The van der Waals surface area contributed by atoms with Crippen LogP contribution in [0.3, 0.4) is 0 Å². The van der Waals surface area contributed by atoms with E-state index in [1.165, 1.54) is 50.2 Å². The molecule has 4 aliphatic carbocycles. The Bertz CT molecular complexity index is 1730. The molecule has 178 valence electrons. The summed E-state index contributed by atoms with van der Waals surface area (Å²) in [6.07, 6.45) is 16.5. The summed E-state index contributed by atoms with van der Waals surface area (Å²) in [7, 11) is 0. The highest BCUT2D eigenvalue weighted by Gasteiger charge is 2.50. The van der Waals surface area contributed by atoms with Crippen LogP contribution < -0.4 is 4.90 Å². The van der Waals surface area contributed by atoms with Gasteiger partial charge in [-0.15, -0.1) is 0 Å². The molecule has 0 N–H and O–H groups in total. The number of nitrogens with zero attached hydrogens (tertiary/aromatic N) is 1. The first-order chi connectivity index (χ1) is 18.8. The molecule has 0 saturated carbocycles. The minimum absolute atomic E-state index is 0.447. The number of hydrogen-bond acceptors (Lipinski definition) is 1. The second-order valence-electron chi connectivity index (χ2n) is 10.2. The number of benzene rings is 4. The minimum Gasteiger partial charge on any atom is -0.313 e. The summed E-state index contributed by atoms with van der Waals surface area (Å²) >= 11 is 0. The summed E-state index contributed by atoms with van der Waals surface area (Å²) in [4.78, 5) is 2.44. The van der Waals surface area contributed by atoms with Crippen molar-refractivity contribution in [1.29, 1.82) is 0 Å². The molecule has 0 aliphatic heterocycles. The Balaban J connectivity index is 1.43. The van der Waals surface area contributed by atoms with E-state index in [9.17, 15) is 0 Å². The summed E-state index contributed by atoms with van der Waals surface area (Å²) in [5.41, 5.74) is 13.6. The second kappa shape index (κ2) is 8.06. The molecular weight excluding hydrogens is 458 g/mol. The first kappa shape index (κ1) is 21.2. The van der Waals surface area contributed by atoms with E-state index in [-0.39, 0.29) is 0 Å². The maximum atomic E-state index is 2.44. The van der Waals surface area contributed by atoms with Crippen LogP contribution in [0.5, 0.6) is 0 Å². The monoisotopic (exact) mass is 483 g/mol. The molecule has 0 bridgehead atoms. The average molecular weight is 484 g/mol. The van der Waals surface area contributed by atoms with E-state index < -0.39 is 5.41 Å². The fourth-order valence-corrected chi connectivity index (χ4v) is 6.61. The van der Waals surface area contributed by atoms with E-state index in [0.717, 1.165) is 11.4 Å². The van der Waals surface area contributed by atoms with Crippen molar-refractivity contribution in [2.45, 2.75) is 0 Å². The van der Waals surface area contributed by atoms with Gasteiger partial charge >= 0.3 is 0 Å². The van der Waals surface area contributed by atoms with Crippen molar-refractivity contribution in [1.82, 2.24) is 0 Å². The van der Waals surface area contributed by atoms with Gasteiger partial charge < -0.3 is 4.90 Å². The Hall–Kier alpha value is -4.88. The molecule has 0 saturated heterocycles. The number of para-hydroxylation sites is 2. The molecule has 1 heteroatoms. The maximum absolute atomic E-state index is 2.44. The Morgan fingerprint density at radius 1 is 0.474 bits per heavy atom. The Labute approximate surface area is 223 Å². The smallest absolute Gasteiger partial charge is 0.0803 e. The summed E-state index contributed by atoms with van der Waals surface area (Å²) in [5.74, 6) is 0. The van der Waals surface area contributed by atoms with E-state index in [1.54, 1.807) is 0 Å². The van der Waals surface area contributed by atoms with Crippen LogP contribution in [0.4, 0.5) is 11.4 Å². The number of fused-ring (bicyclic) bond motifs is 8. The third-order valence-electron chi connectivity index (χ3n) is 8.22. The number of rotatable bonds is 3. The van der Waals surface area contributed by atoms with Gasteiger partial charge in [-0.25, -0.2) is 0 Å². The molecule has 0 heterocycles. The quantitative estimate of drug-likeness (QED) is 0.281. The zero-order chi connectivity index (χ0) is 25.1. The molecule has 4 aliphatic rings. The molecule has 0 amide bonds. The summed E-state index contributed by atoms with van der Waals surface area (Å²) in [6.45, 7) is 0. The number of hydrogen-bond donors (Lipinski definition) is 0. The summed E-state index contributed by atoms with van der Waals surface area (Å²) < 4.78 is 0. The fraction of sp³-hybridized carbons (Fsp3) is 0.0270. The van der Waals surface area contributed by atoms with Crippen molar-refractivity contribution in [3.05, 3.63) is 179 Å². The van der Waals surface area contributed by atoms with Crippen LogP contribution in [0.25, 0.3) is 23.3 Å². The lowest BCUT2D eigenvalue weighted by molar-refractivity contribution is 0.677. The van der Waals surface area contributed by atoms with Gasteiger partial charge in [0.1, 0.15) is 0 Å². The van der Waals surface area contributed by atoms with Crippen LogP contribution >= 0.6 is 0 Å². The highest BCUT2D eigenvalue weighted by Crippen LogP contribution is 2.62. The van der Waals surface area contributed by atoms with Gasteiger partial charge in [-0.05, 0) is 87.0 Å². The van der Waals surface area contributed by atoms with Gasteiger partial charge in [0, 0.05) is 17.1 Å². The van der Waals surface area contributed by atoms with Crippen LogP contribution in [0.15, 0.2) is 156 Å². The standard InChI is InChI=1S/C37H25N/c1-3-14-28(15-4-1)38(29-16-5-2-6-17-29)36-22-21-33-31-19-10-8-13-27(31)25-35(33)37(36)23-11-20-32-30-18-9-7-12-26(30)24-34(32)37/h1-25H. The molecule has 1 unspecified atom stereocenters. The lowest BCUT2D eigenvalue weighted by atomic mass is 9.63. The van der Waals surface area contributed by atoms with E-state index in [4.69, 9.17) is 0 Å². The lowest BCUT2D eigenvalue weighted by Gasteiger charge is -2.46. The van der Waals surface area contributed by atoms with Crippen LogP contribution in [0, 0.1) is 5.41 Å². The molecule has 0 fully saturated rings. The van der Waals surface area contributed by atoms with E-state index >= 15 is 0 Å². The van der Waals surface area contributed by atoms with Gasteiger partial charge in [0.05, 0.1) is 5.41 Å². The van der Waals surface area contributed by atoms with Gasteiger partial charge in [0.15, 0.2) is 0 Å². The van der Waals surface area contributed by atoms with Crippen LogP contribution in [0.2, 0.25) is 0 Å². The van der Waals surface area contributed by atoms with Gasteiger partial charge in [-0.2, -0.15) is 0 Å². The number of anilines is 2. The van der Waals surface area contributed by atoms with E-state index in [1.807, 2.05) is 0 Å². The van der Waals surface area contributed by atoms with Crippen molar-refractivity contribution >= 4 is 34.7 Å². The first-order valence-corrected chi connectivity index (χ1v) is 13.2. The zero-order valence-corrected chi connectivity index (χ0v) is 20.9. The lowest BCUT2D eigenvalue weighted by Crippen LogP contribution is -2.37. The second-order valence-corrected chi connectivity index (χ2v) is 10.2. The van der Waals surface area contributed by atoms with Crippen molar-refractivity contribution in [3.63, 3.8) is 0 Å². The molecule has 1 atom stereocenters. The third-order valence-corrected chi connectivity index (χ3v) is 8.22. The molecule has 4 aromatic carbocycles. The summed E-state index contributed by atoms with van der Waals surface area (Å²) in [6, 6.07) is 39.1. The maximum Gasteiger partial charge on any atom is 0.0803 e. The molecule has 1 spiro atoms. The highest BCUT2D eigenvalue weighted by molar-refractivity contribution is 6.06. The van der Waals surface area contributed by atoms with Crippen molar-refractivity contribution < 1.29 is 0 Å². The van der Waals surface area contributed by atoms with Crippen molar-refractivity contribution in [3.8, 4) is 0 Å². The highest BCUT2D eigenvalue weighted by atomic mass is 15.2. The summed E-state index contributed by atoms with van der Waals surface area (Å²) in [5, 5.41) is 0. The van der Waals surface area contributed by atoms with Crippen molar-refractivity contribution in [2.75, 3.05) is 4.90 Å². The predicted molar refractivity (Wildman–Crippen MR) is 159 cm³/mol. The molecule has 4 aromatic rings.